The summed E-state index contributed by atoms with van der Waals surface area (Å²) in [7, 11) is -0.879. The van der Waals surface area contributed by atoms with Gasteiger partial charge in [-0.15, -0.1) is 11.3 Å². The Balaban J connectivity index is 2.22. The van der Waals surface area contributed by atoms with Gasteiger partial charge in [0.05, 0.1) is 5.69 Å². The van der Waals surface area contributed by atoms with Crippen LogP contribution < -0.4 is 11.1 Å². The number of carbonyl (C=O) groups excluding carboxylic acids is 1. The Kier molecular flexibility index (Phi) is 4.95. The number of hydrogen-bond donors (Lipinski definition) is 2. The van der Waals surface area contributed by atoms with Crippen molar-refractivity contribution in [2.45, 2.75) is 20.8 Å². The van der Waals surface area contributed by atoms with Crippen molar-refractivity contribution in [3.05, 3.63) is 22.3 Å². The van der Waals surface area contributed by atoms with E-state index < -0.39 is 10.8 Å². The van der Waals surface area contributed by atoms with Gasteiger partial charge in [-0.25, -0.2) is 0 Å². The molecule has 5 nitrogen and oxygen atoms in total. The first-order chi connectivity index (χ1) is 9.93. The summed E-state index contributed by atoms with van der Waals surface area (Å²) in [4.78, 5) is 17.1. The minimum atomic E-state index is -0.879. The fourth-order valence-electron chi connectivity index (χ4n) is 2.15. The summed E-state index contributed by atoms with van der Waals surface area (Å²) in [6, 6.07) is 1.94. The molecule has 0 radical (unpaired) electrons. The number of nitrogen functional groups attached to an aromatic ring is 1. The number of nitrogens with one attached hydrogen (secondary N) is 1. The zero-order valence-corrected chi connectivity index (χ0v) is 14.0. The molecule has 21 heavy (non-hydrogen) atoms. The summed E-state index contributed by atoms with van der Waals surface area (Å²) in [5.41, 5.74) is 8.33. The van der Waals surface area contributed by atoms with Crippen molar-refractivity contribution in [2.75, 3.05) is 23.8 Å². The fraction of sp³-hybridized carbons (Fsp3) is 0.429. The molecule has 0 saturated carbocycles. The first-order valence-corrected chi connectivity index (χ1v) is 9.03. The molecule has 0 aliphatic rings. The highest BCUT2D eigenvalue weighted by atomic mass is 32.2. The van der Waals surface area contributed by atoms with E-state index in [2.05, 4.69) is 10.3 Å². The Morgan fingerprint density at radius 2 is 2.19 bits per heavy atom. The molecule has 0 fully saturated rings. The number of amides is 1. The number of rotatable bonds is 5. The smallest absolute Gasteiger partial charge is 0.263 e. The standard InChI is InChI=1S/C14H19N3O2S2/c1-4-21(19)6-5-16-14(18)13-12(15)11-9(3)17-8(2)7-10(11)20-13/h7H,4-6,15H2,1-3H3,(H,16,18). The topological polar surface area (TPSA) is 85.1 Å². The summed E-state index contributed by atoms with van der Waals surface area (Å²) in [5.74, 6) is 0.858. The van der Waals surface area contributed by atoms with Gasteiger partial charge in [0, 0.05) is 50.3 Å². The molecule has 0 saturated heterocycles. The van der Waals surface area contributed by atoms with Crippen LogP contribution in [0.15, 0.2) is 6.07 Å². The molecular weight excluding hydrogens is 306 g/mol. The van der Waals surface area contributed by atoms with Gasteiger partial charge in [-0.05, 0) is 19.9 Å². The van der Waals surface area contributed by atoms with Crippen molar-refractivity contribution in [1.82, 2.24) is 10.3 Å². The Hall–Kier alpha value is -1.47. The molecule has 2 rings (SSSR count). The van der Waals surface area contributed by atoms with Crippen LogP contribution in [0.4, 0.5) is 5.69 Å². The highest BCUT2D eigenvalue weighted by molar-refractivity contribution is 7.84. The Bertz CT molecular complexity index is 710. The van der Waals surface area contributed by atoms with E-state index in [0.717, 1.165) is 21.5 Å². The first-order valence-electron chi connectivity index (χ1n) is 6.73. The molecule has 1 atom stereocenters. The molecule has 0 aromatic carbocycles. The van der Waals surface area contributed by atoms with Crippen LogP contribution in [0.25, 0.3) is 10.1 Å². The van der Waals surface area contributed by atoms with Gasteiger partial charge in [0.2, 0.25) is 0 Å². The predicted molar refractivity (Wildman–Crippen MR) is 89.4 cm³/mol. The van der Waals surface area contributed by atoms with Gasteiger partial charge in [0.25, 0.3) is 5.91 Å². The second kappa shape index (κ2) is 6.53. The second-order valence-corrected chi connectivity index (χ2v) is 7.67. The molecule has 1 amide bonds. The van der Waals surface area contributed by atoms with E-state index in [1.54, 1.807) is 0 Å². The lowest BCUT2D eigenvalue weighted by Crippen LogP contribution is -2.27. The maximum absolute atomic E-state index is 12.2. The van der Waals surface area contributed by atoms with Crippen molar-refractivity contribution in [3.8, 4) is 0 Å². The third kappa shape index (κ3) is 3.41. The van der Waals surface area contributed by atoms with E-state index >= 15 is 0 Å². The molecule has 0 spiro atoms. The van der Waals surface area contributed by atoms with Crippen LogP contribution in [0.1, 0.15) is 28.0 Å². The van der Waals surface area contributed by atoms with Crippen LogP contribution in [-0.4, -0.2) is 33.2 Å². The fourth-order valence-corrected chi connectivity index (χ4v) is 3.96. The van der Waals surface area contributed by atoms with Crippen LogP contribution in [0.3, 0.4) is 0 Å². The SMILES string of the molecule is CCS(=O)CCNC(=O)c1sc2cc(C)nc(C)c2c1N. The molecule has 2 aromatic rings. The van der Waals surface area contributed by atoms with Crippen LogP contribution in [0, 0.1) is 13.8 Å². The summed E-state index contributed by atoms with van der Waals surface area (Å²) in [6.07, 6.45) is 0. The third-order valence-corrected chi connectivity index (χ3v) is 5.62. The van der Waals surface area contributed by atoms with Gasteiger partial charge >= 0.3 is 0 Å². The van der Waals surface area contributed by atoms with E-state index in [4.69, 9.17) is 5.73 Å². The number of carbonyl (C=O) groups is 1. The second-order valence-electron chi connectivity index (χ2n) is 4.76. The average molecular weight is 325 g/mol. The Labute approximate surface area is 130 Å². The zero-order chi connectivity index (χ0) is 15.6. The molecule has 2 aromatic heterocycles. The summed E-state index contributed by atoms with van der Waals surface area (Å²) < 4.78 is 12.3. The number of fused-ring (bicyclic) bond motifs is 1. The van der Waals surface area contributed by atoms with E-state index in [1.165, 1.54) is 11.3 Å². The monoisotopic (exact) mass is 325 g/mol. The number of nitrogens with two attached hydrogens (primary N) is 1. The van der Waals surface area contributed by atoms with Gasteiger partial charge < -0.3 is 11.1 Å². The lowest BCUT2D eigenvalue weighted by molar-refractivity contribution is 0.0961. The Morgan fingerprint density at radius 3 is 2.86 bits per heavy atom. The van der Waals surface area contributed by atoms with Crippen LogP contribution in [0.2, 0.25) is 0 Å². The summed E-state index contributed by atoms with van der Waals surface area (Å²) >= 11 is 1.37. The van der Waals surface area contributed by atoms with Crippen LogP contribution in [0.5, 0.6) is 0 Å². The van der Waals surface area contributed by atoms with E-state index in [-0.39, 0.29) is 5.91 Å². The lowest BCUT2D eigenvalue weighted by Gasteiger charge is -2.04. The quantitative estimate of drug-likeness (QED) is 0.880. The van der Waals surface area contributed by atoms with Gasteiger partial charge in [0.15, 0.2) is 0 Å². The van der Waals surface area contributed by atoms with Gasteiger partial charge in [-0.3, -0.25) is 14.0 Å². The molecule has 114 valence electrons. The minimum absolute atomic E-state index is 0.209. The van der Waals surface area contributed by atoms with Crippen molar-refractivity contribution < 1.29 is 9.00 Å². The normalized spacial score (nSPS) is 12.5. The van der Waals surface area contributed by atoms with Crippen molar-refractivity contribution in [1.29, 1.82) is 0 Å². The van der Waals surface area contributed by atoms with Crippen LogP contribution in [-0.2, 0) is 10.8 Å². The number of thiophene rings is 1. The van der Waals surface area contributed by atoms with E-state index in [1.807, 2.05) is 26.8 Å². The highest BCUT2D eigenvalue weighted by Gasteiger charge is 2.18. The number of pyridine rings is 1. The van der Waals surface area contributed by atoms with Crippen molar-refractivity contribution >= 4 is 43.8 Å². The van der Waals surface area contributed by atoms with Gasteiger partial charge in [0.1, 0.15) is 4.88 Å². The number of hydrogen-bond acceptors (Lipinski definition) is 5. The summed E-state index contributed by atoms with van der Waals surface area (Å²) in [5, 5.41) is 3.63. The van der Waals surface area contributed by atoms with Gasteiger partial charge in [-0.1, -0.05) is 6.92 Å². The molecule has 1 unspecified atom stereocenters. The van der Waals surface area contributed by atoms with E-state index in [9.17, 15) is 9.00 Å². The largest absolute Gasteiger partial charge is 0.397 e. The molecule has 7 heteroatoms. The van der Waals surface area contributed by atoms with Crippen molar-refractivity contribution in [2.24, 2.45) is 0 Å². The third-order valence-electron chi connectivity index (χ3n) is 3.16. The highest BCUT2D eigenvalue weighted by Crippen LogP contribution is 2.35. The van der Waals surface area contributed by atoms with Crippen molar-refractivity contribution in [3.63, 3.8) is 0 Å². The number of aromatic nitrogens is 1. The van der Waals surface area contributed by atoms with E-state index in [0.29, 0.717) is 28.6 Å². The maximum atomic E-state index is 12.2. The maximum Gasteiger partial charge on any atom is 0.263 e. The predicted octanol–water partition coefficient (Wildman–Crippen LogP) is 1.99. The molecule has 0 aliphatic heterocycles. The minimum Gasteiger partial charge on any atom is -0.397 e. The molecular formula is C14H19N3O2S2. The molecule has 0 bridgehead atoms. The molecule has 2 heterocycles. The number of nitrogens with zero attached hydrogens (tertiary/aromatic N) is 1. The Morgan fingerprint density at radius 1 is 1.48 bits per heavy atom. The lowest BCUT2D eigenvalue weighted by atomic mass is 10.2. The first kappa shape index (κ1) is 15.9. The zero-order valence-electron chi connectivity index (χ0n) is 12.4. The molecule has 0 aliphatic carbocycles. The average Bonchev–Trinajstić information content (AvgIpc) is 2.75. The van der Waals surface area contributed by atoms with Crippen LogP contribution >= 0.6 is 11.3 Å². The molecule has 3 N–H and O–H groups in total. The van der Waals surface area contributed by atoms with Gasteiger partial charge in [-0.2, -0.15) is 0 Å². The summed E-state index contributed by atoms with van der Waals surface area (Å²) in [6.45, 7) is 6.07. The number of aryl methyl sites for hydroxylation is 2. The number of anilines is 1.